The molecule has 1 aromatic carbocycles. The molecule has 3 N–H and O–H groups in total. The van der Waals surface area contributed by atoms with Gasteiger partial charge in [0.05, 0.1) is 17.5 Å². The Morgan fingerprint density at radius 1 is 1.23 bits per heavy atom. The second kappa shape index (κ2) is 8.41. The monoisotopic (exact) mass is 374 g/mol. The summed E-state index contributed by atoms with van der Waals surface area (Å²) in [6.07, 6.45) is -3.22. The summed E-state index contributed by atoms with van der Waals surface area (Å²) < 4.78 is 64.5. The lowest BCUT2D eigenvalue weighted by atomic mass is 10.0. The van der Waals surface area contributed by atoms with Gasteiger partial charge in [-0.15, -0.1) is 0 Å². The van der Waals surface area contributed by atoms with Crippen molar-refractivity contribution in [2.45, 2.75) is 19.1 Å². The molecule has 0 aliphatic rings. The summed E-state index contributed by atoms with van der Waals surface area (Å²) in [5.74, 6) is 0. The second-order valence-corrected chi connectivity index (χ2v) is 5.86. The van der Waals surface area contributed by atoms with Crippen molar-refractivity contribution in [3.63, 3.8) is 0 Å². The molecule has 26 heavy (non-hydrogen) atoms. The number of H-pyrrole nitrogens is 1. The van der Waals surface area contributed by atoms with Gasteiger partial charge in [0, 0.05) is 30.8 Å². The Hall–Kier alpha value is -2.26. The smallest absolute Gasteiger partial charge is 0.329 e. The Morgan fingerprint density at radius 2 is 1.96 bits per heavy atom. The highest BCUT2D eigenvalue weighted by molar-refractivity contribution is 5.70. The Kier molecular flexibility index (Phi) is 6.49. The second-order valence-electron chi connectivity index (χ2n) is 5.86. The molecule has 0 amide bonds. The molecule has 2 aromatic rings. The zero-order valence-corrected chi connectivity index (χ0v) is 14.0. The Bertz CT molecular complexity index is 752. The summed E-state index contributed by atoms with van der Waals surface area (Å²) in [7, 11) is 1.87. The van der Waals surface area contributed by atoms with E-state index in [4.69, 9.17) is 5.73 Å². The largest absolute Gasteiger partial charge is 0.416 e. The fraction of sp³-hybridized carbons (Fsp3) is 0.353. The molecule has 0 fully saturated rings. The van der Waals surface area contributed by atoms with Crippen LogP contribution in [-0.2, 0) is 12.7 Å². The molecular formula is C17H19F5N4. The summed E-state index contributed by atoms with van der Waals surface area (Å²) in [4.78, 5) is 1.96. The van der Waals surface area contributed by atoms with E-state index in [0.717, 1.165) is 17.7 Å². The van der Waals surface area contributed by atoms with Crippen molar-refractivity contribution in [1.82, 2.24) is 15.1 Å². The maximum atomic E-state index is 12.9. The first-order valence-corrected chi connectivity index (χ1v) is 7.80. The summed E-state index contributed by atoms with van der Waals surface area (Å²) in [5, 5.41) is 6.66. The number of hydrogen-bond donors (Lipinski definition) is 2. The van der Waals surface area contributed by atoms with Crippen molar-refractivity contribution >= 4 is 12.2 Å². The fourth-order valence-electron chi connectivity index (χ4n) is 2.42. The minimum absolute atomic E-state index is 0.0333. The Labute approximate surface area is 147 Å². The first kappa shape index (κ1) is 20.1. The summed E-state index contributed by atoms with van der Waals surface area (Å²) in [6.45, 7) is 1.69. The highest BCUT2D eigenvalue weighted by atomic mass is 19.4. The van der Waals surface area contributed by atoms with Gasteiger partial charge in [0.15, 0.2) is 0 Å². The van der Waals surface area contributed by atoms with Crippen LogP contribution in [0.5, 0.6) is 0 Å². The molecule has 0 saturated carbocycles. The molecule has 0 unspecified atom stereocenters. The van der Waals surface area contributed by atoms with E-state index in [-0.39, 0.29) is 5.56 Å². The molecule has 142 valence electrons. The number of nitrogens with two attached hydrogens (primary N) is 1. The van der Waals surface area contributed by atoms with Crippen molar-refractivity contribution in [3.05, 3.63) is 52.3 Å². The average Bonchev–Trinajstić information content (AvgIpc) is 2.99. The van der Waals surface area contributed by atoms with Gasteiger partial charge in [-0.25, -0.2) is 8.78 Å². The molecule has 0 aliphatic carbocycles. The normalized spacial score (nSPS) is 12.7. The molecule has 1 aromatic heterocycles. The number of nitrogens with zero attached hydrogens (tertiary/aromatic N) is 2. The molecule has 2 rings (SSSR count). The number of nitrogens with one attached hydrogen (secondary N) is 1. The zero-order chi connectivity index (χ0) is 19.3. The van der Waals surface area contributed by atoms with Crippen molar-refractivity contribution in [2.24, 2.45) is 5.73 Å². The van der Waals surface area contributed by atoms with Gasteiger partial charge in [0.1, 0.15) is 0 Å². The number of rotatable bonds is 7. The molecule has 0 spiro atoms. The highest BCUT2D eigenvalue weighted by Gasteiger charge is 2.31. The number of likely N-dealkylation sites (N-methyl/N-ethyl adjacent to an activating group) is 1. The van der Waals surface area contributed by atoms with Crippen LogP contribution in [0.4, 0.5) is 22.0 Å². The maximum Gasteiger partial charge on any atom is 0.416 e. The number of aromatic amines is 1. The van der Waals surface area contributed by atoms with E-state index in [1.165, 1.54) is 12.2 Å². The van der Waals surface area contributed by atoms with E-state index < -0.39 is 23.7 Å². The Morgan fingerprint density at radius 3 is 2.58 bits per heavy atom. The van der Waals surface area contributed by atoms with Crippen molar-refractivity contribution < 1.29 is 22.0 Å². The van der Waals surface area contributed by atoms with Crippen LogP contribution < -0.4 is 5.73 Å². The van der Waals surface area contributed by atoms with Crippen LogP contribution in [0, 0.1) is 0 Å². The zero-order valence-electron chi connectivity index (χ0n) is 14.0. The van der Waals surface area contributed by atoms with Gasteiger partial charge < -0.3 is 10.6 Å². The summed E-state index contributed by atoms with van der Waals surface area (Å²) >= 11 is 0. The summed E-state index contributed by atoms with van der Waals surface area (Å²) in [5.41, 5.74) is 5.14. The van der Waals surface area contributed by atoms with Gasteiger partial charge in [-0.05, 0) is 36.9 Å². The molecule has 9 heteroatoms. The average molecular weight is 374 g/mol. The predicted molar refractivity (Wildman–Crippen MR) is 89.3 cm³/mol. The number of halogens is 5. The molecule has 0 radical (unpaired) electrons. The van der Waals surface area contributed by atoms with Gasteiger partial charge >= 0.3 is 6.18 Å². The molecule has 1 heterocycles. The molecule has 0 aliphatic heterocycles. The standard InChI is InChI=1S/C17H19F5N4/c1-26(5-4-23)10-13-9-24-25-15(13)3-2-11-6-12(16(18)19)8-14(7-11)17(20,21)22/h2-3,6-9,16H,4-5,10,23H2,1H3,(H,24,25)/b3-2+. The molecule has 0 saturated heterocycles. The maximum absolute atomic E-state index is 12.9. The molecular weight excluding hydrogens is 355 g/mol. The lowest BCUT2D eigenvalue weighted by Gasteiger charge is -2.14. The topological polar surface area (TPSA) is 57.9 Å². The van der Waals surface area contributed by atoms with Gasteiger partial charge in [-0.3, -0.25) is 5.10 Å². The highest BCUT2D eigenvalue weighted by Crippen LogP contribution is 2.33. The predicted octanol–water partition coefficient (Wildman–Crippen LogP) is 3.93. The number of aromatic nitrogens is 2. The van der Waals surface area contributed by atoms with Gasteiger partial charge in [0.25, 0.3) is 6.43 Å². The van der Waals surface area contributed by atoms with E-state index in [9.17, 15) is 22.0 Å². The lowest BCUT2D eigenvalue weighted by Crippen LogP contribution is -2.25. The number of hydrogen-bond acceptors (Lipinski definition) is 3. The van der Waals surface area contributed by atoms with Crippen molar-refractivity contribution in [2.75, 3.05) is 20.1 Å². The van der Waals surface area contributed by atoms with Crippen molar-refractivity contribution in [1.29, 1.82) is 0 Å². The van der Waals surface area contributed by atoms with Crippen LogP contribution in [0.15, 0.2) is 24.4 Å². The van der Waals surface area contributed by atoms with Gasteiger partial charge in [0.2, 0.25) is 0 Å². The Balaban J connectivity index is 2.28. The minimum Gasteiger partial charge on any atom is -0.329 e. The van der Waals surface area contributed by atoms with Crippen LogP contribution in [0.2, 0.25) is 0 Å². The molecule has 4 nitrogen and oxygen atoms in total. The van der Waals surface area contributed by atoms with E-state index in [1.54, 1.807) is 6.20 Å². The van der Waals surface area contributed by atoms with Crippen LogP contribution in [-0.4, -0.2) is 35.2 Å². The number of alkyl halides is 5. The first-order valence-electron chi connectivity index (χ1n) is 7.80. The quantitative estimate of drug-likeness (QED) is 0.722. The van der Waals surface area contributed by atoms with Gasteiger partial charge in [-0.1, -0.05) is 6.08 Å². The van der Waals surface area contributed by atoms with E-state index >= 15 is 0 Å². The third kappa shape index (κ3) is 5.37. The van der Waals surface area contributed by atoms with Crippen molar-refractivity contribution in [3.8, 4) is 0 Å². The molecule has 0 bridgehead atoms. The SMILES string of the molecule is CN(CCN)Cc1cn[nH]c1/C=C/c1cc(C(F)F)cc(C(F)(F)F)c1. The van der Waals surface area contributed by atoms with E-state index in [2.05, 4.69) is 10.2 Å². The fourth-order valence-corrected chi connectivity index (χ4v) is 2.42. The van der Waals surface area contributed by atoms with Crippen LogP contribution in [0.1, 0.15) is 34.4 Å². The van der Waals surface area contributed by atoms with Crippen LogP contribution in [0.3, 0.4) is 0 Å². The van der Waals surface area contributed by atoms with E-state index in [1.807, 2.05) is 11.9 Å². The van der Waals surface area contributed by atoms with Crippen LogP contribution >= 0.6 is 0 Å². The molecule has 0 atom stereocenters. The van der Waals surface area contributed by atoms with Crippen LogP contribution in [0.25, 0.3) is 12.2 Å². The van der Waals surface area contributed by atoms with Gasteiger partial charge in [-0.2, -0.15) is 18.3 Å². The minimum atomic E-state index is -4.70. The number of benzene rings is 1. The lowest BCUT2D eigenvalue weighted by molar-refractivity contribution is -0.137. The summed E-state index contributed by atoms with van der Waals surface area (Å²) in [6, 6.07) is 2.33. The third-order valence-electron chi connectivity index (χ3n) is 3.70. The first-order chi connectivity index (χ1) is 12.2. The van der Waals surface area contributed by atoms with E-state index in [0.29, 0.717) is 31.4 Å². The third-order valence-corrected chi connectivity index (χ3v) is 3.70.